The zero-order chi connectivity index (χ0) is 20.8. The van der Waals surface area contributed by atoms with Crippen molar-refractivity contribution in [2.24, 2.45) is 0 Å². The van der Waals surface area contributed by atoms with Gasteiger partial charge in [-0.05, 0) is 66.7 Å². The molecule has 0 aliphatic carbocycles. The van der Waals surface area contributed by atoms with E-state index in [1.54, 1.807) is 54.6 Å². The van der Waals surface area contributed by atoms with Crippen molar-refractivity contribution in [3.63, 3.8) is 0 Å². The van der Waals surface area contributed by atoms with Gasteiger partial charge < -0.3 is 10.1 Å². The fourth-order valence-electron chi connectivity index (χ4n) is 2.59. The zero-order valence-electron chi connectivity index (χ0n) is 15.5. The highest BCUT2D eigenvalue weighted by Crippen LogP contribution is 2.32. The minimum absolute atomic E-state index is 0.230. The molecule has 1 fully saturated rings. The van der Waals surface area contributed by atoms with Crippen LogP contribution < -0.4 is 10.1 Å². The van der Waals surface area contributed by atoms with Crippen molar-refractivity contribution in [3.05, 3.63) is 64.6 Å². The summed E-state index contributed by atoms with van der Waals surface area (Å²) in [6.07, 6.45) is 1.57. The maximum Gasteiger partial charge on any atom is 0.294 e. The average Bonchev–Trinajstić information content (AvgIpc) is 2.97. The second kappa shape index (κ2) is 9.08. The molecule has 0 spiro atoms. The summed E-state index contributed by atoms with van der Waals surface area (Å²) in [7, 11) is 0. The van der Waals surface area contributed by atoms with Gasteiger partial charge in [-0.3, -0.25) is 19.3 Å². The Morgan fingerprint density at radius 2 is 1.86 bits per heavy atom. The number of ether oxygens (including phenoxy) is 1. The predicted octanol–water partition coefficient (Wildman–Crippen LogP) is 3.63. The van der Waals surface area contributed by atoms with Crippen LogP contribution in [0.3, 0.4) is 0 Å². The maximum absolute atomic E-state index is 12.5. The number of nitrogens with one attached hydrogen (secondary N) is 1. The minimum atomic E-state index is -0.522. The number of hydrogen-bond acceptors (Lipinski definition) is 6. The maximum atomic E-state index is 12.5. The number of carbonyl (C=O) groups excluding carboxylic acids is 3. The Labute approximate surface area is 172 Å². The van der Waals surface area contributed by atoms with Crippen LogP contribution in [0.1, 0.15) is 18.1 Å². The quantitative estimate of drug-likeness (QED) is 0.734. The molecule has 1 aliphatic heterocycles. The number of nitriles is 1. The summed E-state index contributed by atoms with van der Waals surface area (Å²) in [6, 6.07) is 15.4. The summed E-state index contributed by atoms with van der Waals surface area (Å²) < 4.78 is 5.34. The van der Waals surface area contributed by atoms with Gasteiger partial charge in [-0.15, -0.1) is 0 Å². The molecule has 1 aliphatic rings. The van der Waals surface area contributed by atoms with Gasteiger partial charge in [-0.2, -0.15) is 5.26 Å². The van der Waals surface area contributed by atoms with Gasteiger partial charge in [0.05, 0.1) is 23.1 Å². The zero-order valence-corrected chi connectivity index (χ0v) is 16.4. The lowest BCUT2D eigenvalue weighted by Crippen LogP contribution is -2.36. The molecule has 1 N–H and O–H groups in total. The van der Waals surface area contributed by atoms with Crippen molar-refractivity contribution in [2.75, 3.05) is 18.5 Å². The van der Waals surface area contributed by atoms with Crippen LogP contribution in [0, 0.1) is 11.3 Å². The topological polar surface area (TPSA) is 99.5 Å². The molecule has 146 valence electrons. The highest BCUT2D eigenvalue weighted by Gasteiger charge is 2.36. The van der Waals surface area contributed by atoms with Crippen molar-refractivity contribution in [3.8, 4) is 11.8 Å². The molecule has 1 saturated heterocycles. The first-order valence-electron chi connectivity index (χ1n) is 8.78. The van der Waals surface area contributed by atoms with Crippen LogP contribution in [-0.2, 0) is 9.59 Å². The Balaban J connectivity index is 1.64. The Kier molecular flexibility index (Phi) is 6.32. The molecule has 3 rings (SSSR count). The molecule has 0 unspecified atom stereocenters. The van der Waals surface area contributed by atoms with Crippen LogP contribution in [-0.4, -0.2) is 35.1 Å². The second-order valence-corrected chi connectivity index (χ2v) is 7.00. The fourth-order valence-corrected chi connectivity index (χ4v) is 3.43. The number of imide groups is 1. The molecule has 0 bridgehead atoms. The Morgan fingerprint density at radius 3 is 2.48 bits per heavy atom. The molecule has 0 radical (unpaired) electrons. The summed E-state index contributed by atoms with van der Waals surface area (Å²) in [5, 5.41) is 11.0. The van der Waals surface area contributed by atoms with E-state index >= 15 is 0 Å². The SMILES string of the molecule is CCOc1ccc(NC(=O)CN2C(=O)S/C(=C/c3ccc(C#N)cc3)C2=O)cc1. The van der Waals surface area contributed by atoms with Crippen LogP contribution in [0.2, 0.25) is 0 Å². The normalized spacial score (nSPS) is 14.8. The second-order valence-electron chi connectivity index (χ2n) is 6.01. The standard InChI is InChI=1S/C21H17N3O4S/c1-2-28-17-9-7-16(8-10-17)23-19(25)13-24-20(26)18(29-21(24)27)11-14-3-5-15(12-22)6-4-14/h3-11H,2,13H2,1H3,(H,23,25)/b18-11+. The van der Waals surface area contributed by atoms with Crippen molar-refractivity contribution in [1.82, 2.24) is 4.90 Å². The molecule has 0 saturated carbocycles. The summed E-state index contributed by atoms with van der Waals surface area (Å²) in [5.74, 6) is -0.313. The first-order valence-corrected chi connectivity index (χ1v) is 9.60. The van der Waals surface area contributed by atoms with Crippen molar-refractivity contribution >= 4 is 40.6 Å². The minimum Gasteiger partial charge on any atom is -0.494 e. The summed E-state index contributed by atoms with van der Waals surface area (Å²) in [5.41, 5.74) is 1.73. The number of carbonyl (C=O) groups is 3. The average molecular weight is 407 g/mol. The predicted molar refractivity (Wildman–Crippen MR) is 110 cm³/mol. The number of benzene rings is 2. The van der Waals surface area contributed by atoms with E-state index in [-0.39, 0.29) is 11.4 Å². The molecule has 8 heteroatoms. The van der Waals surface area contributed by atoms with E-state index in [2.05, 4.69) is 5.32 Å². The molecule has 0 atom stereocenters. The lowest BCUT2D eigenvalue weighted by molar-refractivity contribution is -0.127. The molecule has 2 aromatic carbocycles. The van der Waals surface area contributed by atoms with Crippen molar-refractivity contribution in [2.45, 2.75) is 6.92 Å². The van der Waals surface area contributed by atoms with Gasteiger partial charge in [-0.25, -0.2) is 0 Å². The number of rotatable bonds is 6. The van der Waals surface area contributed by atoms with Gasteiger partial charge >= 0.3 is 0 Å². The van der Waals surface area contributed by atoms with E-state index in [1.165, 1.54) is 0 Å². The number of hydrogen-bond donors (Lipinski definition) is 1. The van der Waals surface area contributed by atoms with E-state index < -0.39 is 17.1 Å². The highest BCUT2D eigenvalue weighted by molar-refractivity contribution is 8.18. The van der Waals surface area contributed by atoms with Gasteiger partial charge in [0.2, 0.25) is 5.91 Å². The van der Waals surface area contributed by atoms with Gasteiger partial charge in [0.1, 0.15) is 12.3 Å². The number of thioether (sulfide) groups is 1. The molecular formula is C21H17N3O4S. The van der Waals surface area contributed by atoms with Gasteiger partial charge in [-0.1, -0.05) is 12.1 Å². The largest absolute Gasteiger partial charge is 0.494 e. The van der Waals surface area contributed by atoms with E-state index in [0.717, 1.165) is 16.7 Å². The summed E-state index contributed by atoms with van der Waals surface area (Å²) in [4.78, 5) is 38.1. The van der Waals surface area contributed by atoms with E-state index in [1.807, 2.05) is 13.0 Å². The molecule has 3 amide bonds. The monoisotopic (exact) mass is 407 g/mol. The van der Waals surface area contributed by atoms with Crippen LogP contribution in [0.5, 0.6) is 5.75 Å². The van der Waals surface area contributed by atoms with Gasteiger partial charge in [0.25, 0.3) is 11.1 Å². The van der Waals surface area contributed by atoms with Crippen molar-refractivity contribution < 1.29 is 19.1 Å². The first kappa shape index (κ1) is 20.2. The molecular weight excluding hydrogens is 390 g/mol. The third kappa shape index (κ3) is 5.03. The van der Waals surface area contributed by atoms with Gasteiger partial charge in [0.15, 0.2) is 0 Å². The number of anilines is 1. The van der Waals surface area contributed by atoms with Crippen LogP contribution >= 0.6 is 11.8 Å². The molecule has 7 nitrogen and oxygen atoms in total. The van der Waals surface area contributed by atoms with E-state index in [9.17, 15) is 14.4 Å². The Bertz CT molecular complexity index is 1010. The lowest BCUT2D eigenvalue weighted by Gasteiger charge is -2.12. The summed E-state index contributed by atoms with van der Waals surface area (Å²) in [6.45, 7) is 2.05. The van der Waals surface area contributed by atoms with E-state index in [4.69, 9.17) is 10.00 Å². The molecule has 2 aromatic rings. The van der Waals surface area contributed by atoms with Gasteiger partial charge in [0, 0.05) is 5.69 Å². The third-order valence-electron chi connectivity index (χ3n) is 3.96. The fraction of sp³-hybridized carbons (Fsp3) is 0.143. The Morgan fingerprint density at radius 1 is 1.17 bits per heavy atom. The highest BCUT2D eigenvalue weighted by atomic mass is 32.2. The summed E-state index contributed by atoms with van der Waals surface area (Å²) >= 11 is 0.779. The lowest BCUT2D eigenvalue weighted by atomic mass is 10.1. The third-order valence-corrected chi connectivity index (χ3v) is 4.87. The van der Waals surface area contributed by atoms with Crippen LogP contribution in [0.15, 0.2) is 53.4 Å². The number of amides is 3. The van der Waals surface area contributed by atoms with Crippen molar-refractivity contribution in [1.29, 1.82) is 5.26 Å². The van der Waals surface area contributed by atoms with Crippen LogP contribution in [0.25, 0.3) is 6.08 Å². The molecule has 1 heterocycles. The van der Waals surface area contributed by atoms with E-state index in [0.29, 0.717) is 29.2 Å². The first-order chi connectivity index (χ1) is 14.0. The molecule has 0 aromatic heterocycles. The van der Waals surface area contributed by atoms with Crippen LogP contribution in [0.4, 0.5) is 10.5 Å². The number of nitrogens with zero attached hydrogens (tertiary/aromatic N) is 2. The molecule has 29 heavy (non-hydrogen) atoms. The Hall–Kier alpha value is -3.57. The smallest absolute Gasteiger partial charge is 0.294 e.